The lowest BCUT2D eigenvalue weighted by Gasteiger charge is -2.26. The molecule has 0 saturated carbocycles. The SMILES string of the molecule is O=C(CCNS(=O)(=O)c1ccc(OC(F)(F)F)cc1)Nc1cccc(CN2CCOCC2)c1. The number of amides is 1. The molecular weight excluding hydrogens is 463 g/mol. The normalized spacial score (nSPS) is 15.2. The highest BCUT2D eigenvalue weighted by molar-refractivity contribution is 7.89. The summed E-state index contributed by atoms with van der Waals surface area (Å²) < 4.78 is 72.5. The van der Waals surface area contributed by atoms with Crippen molar-refractivity contribution in [2.45, 2.75) is 24.2 Å². The van der Waals surface area contributed by atoms with Gasteiger partial charge in [0.2, 0.25) is 15.9 Å². The van der Waals surface area contributed by atoms with E-state index in [-0.39, 0.29) is 23.8 Å². The van der Waals surface area contributed by atoms with Gasteiger partial charge >= 0.3 is 6.36 Å². The van der Waals surface area contributed by atoms with Gasteiger partial charge in [-0.05, 0) is 42.0 Å². The van der Waals surface area contributed by atoms with Crippen LogP contribution in [0, 0.1) is 0 Å². The second-order valence-corrected chi connectivity index (χ2v) is 9.07. The van der Waals surface area contributed by atoms with Crippen molar-refractivity contribution in [1.29, 1.82) is 0 Å². The maximum absolute atomic E-state index is 12.3. The summed E-state index contributed by atoms with van der Waals surface area (Å²) >= 11 is 0. The molecule has 2 aromatic rings. The molecule has 2 N–H and O–H groups in total. The number of halogens is 3. The van der Waals surface area contributed by atoms with E-state index < -0.39 is 22.1 Å². The fourth-order valence-electron chi connectivity index (χ4n) is 3.19. The number of hydrogen-bond acceptors (Lipinski definition) is 6. The molecule has 0 aliphatic carbocycles. The van der Waals surface area contributed by atoms with Crippen LogP contribution < -0.4 is 14.8 Å². The third-order valence-electron chi connectivity index (χ3n) is 4.73. The molecule has 0 spiro atoms. The van der Waals surface area contributed by atoms with Crippen molar-refractivity contribution in [3.8, 4) is 5.75 Å². The number of sulfonamides is 1. The van der Waals surface area contributed by atoms with Crippen LogP contribution in [0.3, 0.4) is 0 Å². The standard InChI is InChI=1S/C21H24F3N3O5S/c22-21(23,24)32-18-4-6-19(7-5-18)33(29,30)25-9-8-20(28)26-17-3-1-2-16(14-17)15-27-10-12-31-13-11-27/h1-7,14,25H,8-13,15H2,(H,26,28). The zero-order chi connectivity index (χ0) is 23.9. The highest BCUT2D eigenvalue weighted by Gasteiger charge is 2.31. The van der Waals surface area contributed by atoms with Crippen molar-refractivity contribution in [3.63, 3.8) is 0 Å². The zero-order valence-electron chi connectivity index (χ0n) is 17.6. The quantitative estimate of drug-likeness (QED) is 0.565. The molecule has 8 nitrogen and oxygen atoms in total. The van der Waals surface area contributed by atoms with Crippen molar-refractivity contribution in [3.05, 3.63) is 54.1 Å². The summed E-state index contributed by atoms with van der Waals surface area (Å²) in [5, 5.41) is 2.73. The van der Waals surface area contributed by atoms with Crippen LogP contribution >= 0.6 is 0 Å². The van der Waals surface area contributed by atoms with E-state index in [0.717, 1.165) is 49.5 Å². The Kier molecular flexibility index (Phi) is 8.30. The van der Waals surface area contributed by atoms with E-state index in [1.807, 2.05) is 18.2 Å². The van der Waals surface area contributed by atoms with Gasteiger partial charge in [0.1, 0.15) is 5.75 Å². The molecule has 1 fully saturated rings. The molecule has 1 amide bonds. The Morgan fingerprint density at radius 1 is 1.09 bits per heavy atom. The van der Waals surface area contributed by atoms with Gasteiger partial charge in [-0.3, -0.25) is 9.69 Å². The first-order chi connectivity index (χ1) is 15.6. The van der Waals surface area contributed by atoms with Gasteiger partial charge in [0.15, 0.2) is 0 Å². The topological polar surface area (TPSA) is 97.0 Å². The Labute approximate surface area is 189 Å². The summed E-state index contributed by atoms with van der Waals surface area (Å²) in [6.07, 6.45) is -4.99. The average Bonchev–Trinajstić information content (AvgIpc) is 2.74. The molecule has 1 aliphatic rings. The Morgan fingerprint density at radius 2 is 1.79 bits per heavy atom. The molecule has 0 atom stereocenters. The third-order valence-corrected chi connectivity index (χ3v) is 6.21. The number of rotatable bonds is 9. The fraction of sp³-hybridized carbons (Fsp3) is 0.381. The van der Waals surface area contributed by atoms with Crippen LogP contribution in [-0.4, -0.2) is 58.4 Å². The predicted octanol–water partition coefficient (Wildman–Crippen LogP) is 2.72. The molecule has 0 aromatic heterocycles. The smallest absolute Gasteiger partial charge is 0.406 e. The van der Waals surface area contributed by atoms with Crippen LogP contribution in [-0.2, 0) is 26.1 Å². The van der Waals surface area contributed by atoms with E-state index >= 15 is 0 Å². The molecule has 0 bridgehead atoms. The fourth-order valence-corrected chi connectivity index (χ4v) is 4.22. The van der Waals surface area contributed by atoms with Crippen LogP contribution in [0.2, 0.25) is 0 Å². The molecule has 0 radical (unpaired) electrons. The van der Waals surface area contributed by atoms with E-state index in [9.17, 15) is 26.4 Å². The van der Waals surface area contributed by atoms with Gasteiger partial charge in [-0.25, -0.2) is 13.1 Å². The highest BCUT2D eigenvalue weighted by Crippen LogP contribution is 2.23. The Morgan fingerprint density at radius 3 is 2.45 bits per heavy atom. The van der Waals surface area contributed by atoms with Gasteiger partial charge in [0.25, 0.3) is 0 Å². The first-order valence-corrected chi connectivity index (χ1v) is 11.6. The number of morpholine rings is 1. The number of alkyl halides is 3. The number of carbonyl (C=O) groups excluding carboxylic acids is 1. The molecule has 1 heterocycles. The van der Waals surface area contributed by atoms with Gasteiger partial charge in [0, 0.05) is 38.3 Å². The molecule has 1 saturated heterocycles. The number of carbonyl (C=O) groups is 1. The van der Waals surface area contributed by atoms with Gasteiger partial charge < -0.3 is 14.8 Å². The zero-order valence-corrected chi connectivity index (χ0v) is 18.4. The summed E-state index contributed by atoms with van der Waals surface area (Å²) in [6, 6.07) is 11.2. The summed E-state index contributed by atoms with van der Waals surface area (Å²) in [6.45, 7) is 3.63. The van der Waals surface area contributed by atoms with Gasteiger partial charge in [-0.15, -0.1) is 13.2 Å². The van der Waals surface area contributed by atoms with E-state index in [1.54, 1.807) is 6.07 Å². The van der Waals surface area contributed by atoms with Crippen LogP contribution in [0.5, 0.6) is 5.75 Å². The van der Waals surface area contributed by atoms with Crippen molar-refractivity contribution in [2.75, 3.05) is 38.2 Å². The Hall–Kier alpha value is -2.67. The second-order valence-electron chi connectivity index (χ2n) is 7.30. The highest BCUT2D eigenvalue weighted by atomic mass is 32.2. The minimum absolute atomic E-state index is 0.123. The molecule has 3 rings (SSSR count). The van der Waals surface area contributed by atoms with Crippen LogP contribution in [0.25, 0.3) is 0 Å². The largest absolute Gasteiger partial charge is 0.573 e. The Bertz CT molecular complexity index is 1040. The van der Waals surface area contributed by atoms with E-state index in [1.165, 1.54) is 0 Å². The first-order valence-electron chi connectivity index (χ1n) is 10.2. The molecule has 33 heavy (non-hydrogen) atoms. The lowest BCUT2D eigenvalue weighted by molar-refractivity contribution is -0.274. The summed E-state index contributed by atoms with van der Waals surface area (Å²) in [4.78, 5) is 14.2. The lowest BCUT2D eigenvalue weighted by Crippen LogP contribution is -2.35. The minimum atomic E-state index is -4.87. The lowest BCUT2D eigenvalue weighted by atomic mass is 10.1. The number of nitrogens with zero attached hydrogens (tertiary/aromatic N) is 1. The van der Waals surface area contributed by atoms with E-state index in [4.69, 9.17) is 4.74 Å². The minimum Gasteiger partial charge on any atom is -0.406 e. The second kappa shape index (κ2) is 11.0. The molecular formula is C21H24F3N3O5S. The average molecular weight is 488 g/mol. The molecule has 180 valence electrons. The van der Waals surface area contributed by atoms with Gasteiger partial charge in [-0.2, -0.15) is 0 Å². The van der Waals surface area contributed by atoms with E-state index in [0.29, 0.717) is 18.9 Å². The van der Waals surface area contributed by atoms with Gasteiger partial charge in [0.05, 0.1) is 18.1 Å². The number of nitrogens with one attached hydrogen (secondary N) is 2. The Balaban J connectivity index is 1.47. The summed E-state index contributed by atoms with van der Waals surface area (Å²) in [5.41, 5.74) is 1.64. The van der Waals surface area contributed by atoms with Crippen LogP contribution in [0.4, 0.5) is 18.9 Å². The number of anilines is 1. The number of benzene rings is 2. The molecule has 1 aliphatic heterocycles. The van der Waals surface area contributed by atoms with Crippen LogP contribution in [0.15, 0.2) is 53.4 Å². The summed E-state index contributed by atoms with van der Waals surface area (Å²) in [5.74, 6) is -0.910. The van der Waals surface area contributed by atoms with E-state index in [2.05, 4.69) is 19.7 Å². The summed E-state index contributed by atoms with van der Waals surface area (Å²) in [7, 11) is -3.99. The van der Waals surface area contributed by atoms with Crippen LogP contribution in [0.1, 0.15) is 12.0 Å². The number of hydrogen-bond donors (Lipinski definition) is 2. The molecule has 0 unspecified atom stereocenters. The maximum atomic E-state index is 12.3. The van der Waals surface area contributed by atoms with Gasteiger partial charge in [-0.1, -0.05) is 12.1 Å². The first kappa shape index (κ1) is 25.0. The molecule has 12 heteroatoms. The monoisotopic (exact) mass is 487 g/mol. The van der Waals surface area contributed by atoms with Crippen molar-refractivity contribution >= 4 is 21.6 Å². The third kappa shape index (κ3) is 8.31. The van der Waals surface area contributed by atoms with Crippen molar-refractivity contribution in [1.82, 2.24) is 9.62 Å². The number of ether oxygens (including phenoxy) is 2. The van der Waals surface area contributed by atoms with Crippen molar-refractivity contribution in [2.24, 2.45) is 0 Å². The van der Waals surface area contributed by atoms with Crippen molar-refractivity contribution < 1.29 is 35.9 Å². The molecule has 2 aromatic carbocycles. The predicted molar refractivity (Wildman–Crippen MR) is 114 cm³/mol. The maximum Gasteiger partial charge on any atom is 0.573 e.